The predicted octanol–water partition coefficient (Wildman–Crippen LogP) is 1.29. The number of pyridine rings is 1. The summed E-state index contributed by atoms with van der Waals surface area (Å²) in [5.41, 5.74) is -0.0900. The normalized spacial score (nSPS) is 22.5. The minimum Gasteiger partial charge on any atom is -0.489 e. The van der Waals surface area contributed by atoms with Crippen molar-refractivity contribution in [3.05, 3.63) is 12.3 Å². The summed E-state index contributed by atoms with van der Waals surface area (Å²) in [6.07, 6.45) is 4.64. The van der Waals surface area contributed by atoms with Crippen molar-refractivity contribution in [2.24, 2.45) is 0 Å². The van der Waals surface area contributed by atoms with Gasteiger partial charge >= 0.3 is 7.12 Å². The lowest BCUT2D eigenvalue weighted by atomic mass is 9.83. The van der Waals surface area contributed by atoms with E-state index in [-0.39, 0.29) is 6.10 Å². The molecule has 2 heterocycles. The Bertz CT molecular complexity index is 730. The first-order chi connectivity index (χ1) is 11.0. The molecule has 9 heteroatoms. The van der Waals surface area contributed by atoms with Gasteiger partial charge in [0.25, 0.3) is 0 Å². The highest BCUT2D eigenvalue weighted by molar-refractivity contribution is 7.92. The van der Waals surface area contributed by atoms with Crippen LogP contribution < -0.4 is 15.1 Å². The Kier molecular flexibility index (Phi) is 4.09. The highest BCUT2D eigenvalue weighted by Crippen LogP contribution is 2.37. The number of nitrogens with one attached hydrogen (secondary N) is 1. The van der Waals surface area contributed by atoms with E-state index < -0.39 is 28.3 Å². The third-order valence-electron chi connectivity index (χ3n) is 4.48. The van der Waals surface area contributed by atoms with Crippen LogP contribution in [0.3, 0.4) is 0 Å². The highest BCUT2D eigenvalue weighted by atomic mass is 32.2. The Balaban J connectivity index is 1.92. The average molecular weight is 354 g/mol. The van der Waals surface area contributed by atoms with Crippen molar-refractivity contribution >= 4 is 28.4 Å². The highest BCUT2D eigenvalue weighted by Gasteiger charge is 2.53. The van der Waals surface area contributed by atoms with E-state index in [4.69, 9.17) is 14.0 Å². The molecule has 0 aromatic carbocycles. The number of aromatic nitrogens is 1. The predicted molar refractivity (Wildman–Crippen MR) is 92.1 cm³/mol. The topological polar surface area (TPSA) is 86.8 Å². The number of hydrogen-bond acceptors (Lipinski definition) is 6. The Hall–Kier alpha value is -1.32. The van der Waals surface area contributed by atoms with Gasteiger partial charge in [-0.25, -0.2) is 8.42 Å². The zero-order valence-corrected chi connectivity index (χ0v) is 15.4. The van der Waals surface area contributed by atoms with E-state index in [0.717, 1.165) is 19.1 Å². The van der Waals surface area contributed by atoms with Gasteiger partial charge in [0, 0.05) is 6.07 Å². The summed E-state index contributed by atoms with van der Waals surface area (Å²) in [7, 11) is -4.04. The lowest BCUT2D eigenvalue weighted by Gasteiger charge is -2.32. The maximum atomic E-state index is 11.4. The summed E-state index contributed by atoms with van der Waals surface area (Å²) >= 11 is 0. The lowest BCUT2D eigenvalue weighted by Crippen LogP contribution is -2.41. The molecule has 0 radical (unpaired) electrons. The van der Waals surface area contributed by atoms with E-state index in [1.54, 1.807) is 6.07 Å². The van der Waals surface area contributed by atoms with Gasteiger partial charge in [-0.3, -0.25) is 9.71 Å². The maximum Gasteiger partial charge on any atom is 0.518 e. The largest absolute Gasteiger partial charge is 0.518 e. The summed E-state index contributed by atoms with van der Waals surface area (Å²) in [5.74, 6) is 0.490. The molecular weight excluding hydrogens is 331 g/mol. The van der Waals surface area contributed by atoms with Crippen LogP contribution in [0.4, 0.5) is 5.69 Å². The van der Waals surface area contributed by atoms with Crippen molar-refractivity contribution in [2.45, 2.75) is 57.8 Å². The van der Waals surface area contributed by atoms with Crippen LogP contribution in [0.1, 0.15) is 40.5 Å². The zero-order valence-electron chi connectivity index (χ0n) is 14.6. The van der Waals surface area contributed by atoms with E-state index in [1.807, 2.05) is 27.7 Å². The Morgan fingerprint density at radius 1 is 1.25 bits per heavy atom. The van der Waals surface area contributed by atoms with Crippen LogP contribution in [-0.4, -0.2) is 44.1 Å². The quantitative estimate of drug-likeness (QED) is 0.802. The molecule has 0 spiro atoms. The van der Waals surface area contributed by atoms with Gasteiger partial charge < -0.3 is 14.0 Å². The molecule has 0 bridgehead atoms. The molecule has 0 atom stereocenters. The molecule has 7 nitrogen and oxygen atoms in total. The Morgan fingerprint density at radius 2 is 1.83 bits per heavy atom. The zero-order chi connectivity index (χ0) is 17.8. The SMILES string of the molecule is CC1(C)OB(c2ncc(NS(C)(=O)=O)cc2OC2CC2)OC1(C)C. The second kappa shape index (κ2) is 5.61. The van der Waals surface area contributed by atoms with Crippen molar-refractivity contribution in [3.8, 4) is 5.75 Å². The molecule has 0 unspecified atom stereocenters. The molecule has 24 heavy (non-hydrogen) atoms. The third kappa shape index (κ3) is 3.68. The summed E-state index contributed by atoms with van der Waals surface area (Å²) < 4.78 is 43.2. The van der Waals surface area contributed by atoms with Gasteiger partial charge in [-0.05, 0) is 40.5 Å². The molecule has 132 valence electrons. The fraction of sp³-hybridized carbons (Fsp3) is 0.667. The molecule has 1 aliphatic heterocycles. The average Bonchev–Trinajstić information content (AvgIpc) is 3.15. The van der Waals surface area contributed by atoms with Gasteiger partial charge in [-0.2, -0.15) is 0 Å². The molecule has 0 amide bonds. The fourth-order valence-corrected chi connectivity index (χ4v) is 2.86. The van der Waals surface area contributed by atoms with Crippen LogP contribution >= 0.6 is 0 Å². The first kappa shape index (κ1) is 17.5. The van der Waals surface area contributed by atoms with Gasteiger partial charge in [-0.1, -0.05) is 0 Å². The van der Waals surface area contributed by atoms with Crippen LogP contribution in [0.25, 0.3) is 0 Å². The summed E-state index contributed by atoms with van der Waals surface area (Å²) in [6.45, 7) is 7.87. The number of ether oxygens (including phenoxy) is 1. The van der Waals surface area contributed by atoms with Crippen LogP contribution in [0.15, 0.2) is 12.3 Å². The van der Waals surface area contributed by atoms with E-state index in [1.165, 1.54) is 6.20 Å². The van der Waals surface area contributed by atoms with E-state index in [0.29, 0.717) is 17.0 Å². The van der Waals surface area contributed by atoms with E-state index >= 15 is 0 Å². The molecule has 3 rings (SSSR count). The van der Waals surface area contributed by atoms with Gasteiger partial charge in [-0.15, -0.1) is 0 Å². The molecular formula is C15H23BN2O5S. The summed E-state index contributed by atoms with van der Waals surface area (Å²) in [4.78, 5) is 4.35. The van der Waals surface area contributed by atoms with Crippen LogP contribution in [0.2, 0.25) is 0 Å². The second-order valence-electron chi connectivity index (χ2n) is 7.39. The van der Waals surface area contributed by atoms with E-state index in [9.17, 15) is 8.42 Å². The minimum absolute atomic E-state index is 0.140. The monoisotopic (exact) mass is 354 g/mol. The molecule has 2 fully saturated rings. The third-order valence-corrected chi connectivity index (χ3v) is 5.09. The van der Waals surface area contributed by atoms with Crippen LogP contribution in [0, 0.1) is 0 Å². The van der Waals surface area contributed by atoms with Crippen molar-refractivity contribution < 1.29 is 22.5 Å². The van der Waals surface area contributed by atoms with Crippen LogP contribution in [-0.2, 0) is 19.3 Å². The number of rotatable bonds is 5. The lowest BCUT2D eigenvalue weighted by molar-refractivity contribution is 0.00578. The van der Waals surface area contributed by atoms with Gasteiger partial charge in [0.15, 0.2) is 0 Å². The number of anilines is 1. The number of sulfonamides is 1. The second-order valence-corrected chi connectivity index (χ2v) is 9.14. The molecule has 1 saturated heterocycles. The van der Waals surface area contributed by atoms with Crippen LogP contribution in [0.5, 0.6) is 5.75 Å². The first-order valence-electron chi connectivity index (χ1n) is 7.97. The van der Waals surface area contributed by atoms with Gasteiger partial charge in [0.1, 0.15) is 11.3 Å². The summed E-state index contributed by atoms with van der Waals surface area (Å²) in [6, 6.07) is 1.63. The number of hydrogen-bond donors (Lipinski definition) is 1. The molecule has 1 saturated carbocycles. The Labute approximate surface area is 143 Å². The number of nitrogens with zero attached hydrogens (tertiary/aromatic N) is 1. The molecule has 1 N–H and O–H groups in total. The van der Waals surface area contributed by atoms with Crippen molar-refractivity contribution in [1.29, 1.82) is 0 Å². The maximum absolute atomic E-state index is 11.4. The van der Waals surface area contributed by atoms with E-state index in [2.05, 4.69) is 9.71 Å². The minimum atomic E-state index is -3.38. The molecule has 1 aromatic heterocycles. The summed E-state index contributed by atoms with van der Waals surface area (Å²) in [5, 5.41) is 0. The van der Waals surface area contributed by atoms with Crippen molar-refractivity contribution in [1.82, 2.24) is 4.98 Å². The molecule has 1 aromatic rings. The van der Waals surface area contributed by atoms with Gasteiger partial charge in [0.05, 0.1) is 35.4 Å². The fourth-order valence-electron chi connectivity index (χ4n) is 2.32. The first-order valence-corrected chi connectivity index (χ1v) is 9.86. The van der Waals surface area contributed by atoms with Gasteiger partial charge in [0.2, 0.25) is 10.0 Å². The molecule has 1 aliphatic carbocycles. The van der Waals surface area contributed by atoms with Crippen molar-refractivity contribution in [3.63, 3.8) is 0 Å². The standard InChI is InChI=1S/C15H23BN2O5S/c1-14(2)15(3,4)23-16(22-14)13-12(21-11-6-7-11)8-10(9-17-13)18-24(5,19)20/h8-9,11,18H,6-7H2,1-5H3. The van der Waals surface area contributed by atoms with Crippen molar-refractivity contribution in [2.75, 3.05) is 11.0 Å². The molecule has 2 aliphatic rings. The smallest absolute Gasteiger partial charge is 0.489 e. The Morgan fingerprint density at radius 3 is 2.33 bits per heavy atom.